The number of rotatable bonds is 3. The van der Waals surface area contributed by atoms with E-state index in [1.807, 2.05) is 49.4 Å². The summed E-state index contributed by atoms with van der Waals surface area (Å²) < 4.78 is 6.37. The molecular weight excluding hydrogens is 274 g/mol. The van der Waals surface area contributed by atoms with Gasteiger partial charge in [0.25, 0.3) is 0 Å². The highest BCUT2D eigenvalue weighted by atomic mass is 28.4. The van der Waals surface area contributed by atoms with Crippen LogP contribution in [0.25, 0.3) is 0 Å². The van der Waals surface area contributed by atoms with Crippen LogP contribution in [-0.4, -0.2) is 13.3 Å². The third-order valence-electron chi connectivity index (χ3n) is 2.96. The van der Waals surface area contributed by atoms with Crippen LogP contribution >= 0.6 is 0 Å². The molecule has 2 aromatic rings. The summed E-state index contributed by atoms with van der Waals surface area (Å²) in [6.07, 6.45) is 3.57. The molecule has 3 heteroatoms. The van der Waals surface area contributed by atoms with Gasteiger partial charge in [0.2, 0.25) is 0 Å². The second-order valence-electron chi connectivity index (χ2n) is 6.10. The minimum atomic E-state index is -1.74. The van der Waals surface area contributed by atoms with Gasteiger partial charge in [-0.1, -0.05) is 30.0 Å². The minimum absolute atomic E-state index is 0.608. The summed E-state index contributed by atoms with van der Waals surface area (Å²) in [5.74, 6) is 6.55. The zero-order chi connectivity index (χ0) is 15.3. The zero-order valence-corrected chi connectivity index (χ0v) is 14.1. The van der Waals surface area contributed by atoms with E-state index < -0.39 is 13.9 Å². The predicted molar refractivity (Wildman–Crippen MR) is 89.3 cm³/mol. The first-order valence-corrected chi connectivity index (χ1v) is 10.5. The van der Waals surface area contributed by atoms with Crippen molar-refractivity contribution in [1.82, 2.24) is 4.98 Å². The Morgan fingerprint density at radius 3 is 2.19 bits per heavy atom. The van der Waals surface area contributed by atoms with Crippen molar-refractivity contribution in [3.05, 3.63) is 66.0 Å². The van der Waals surface area contributed by atoms with E-state index in [-0.39, 0.29) is 0 Å². The monoisotopic (exact) mass is 295 g/mol. The lowest BCUT2D eigenvalue weighted by atomic mass is 9.97. The fraction of sp³-hybridized carbons (Fsp3) is 0.278. The van der Waals surface area contributed by atoms with Crippen molar-refractivity contribution in [3.8, 4) is 11.8 Å². The van der Waals surface area contributed by atoms with Crippen LogP contribution in [0.4, 0.5) is 0 Å². The van der Waals surface area contributed by atoms with Gasteiger partial charge in [0.05, 0.1) is 0 Å². The highest BCUT2D eigenvalue weighted by Crippen LogP contribution is 2.28. The molecule has 1 aromatic heterocycles. The molecule has 0 radical (unpaired) electrons. The van der Waals surface area contributed by atoms with Crippen molar-refractivity contribution in [2.24, 2.45) is 0 Å². The number of aromatic nitrogens is 1. The van der Waals surface area contributed by atoms with Crippen LogP contribution in [0, 0.1) is 11.8 Å². The van der Waals surface area contributed by atoms with Gasteiger partial charge in [0.1, 0.15) is 5.60 Å². The van der Waals surface area contributed by atoms with Crippen molar-refractivity contribution in [1.29, 1.82) is 0 Å². The van der Waals surface area contributed by atoms with Gasteiger partial charge in [-0.15, -0.1) is 0 Å². The normalized spacial score (nSPS) is 13.9. The maximum Gasteiger partial charge on any atom is 0.186 e. The van der Waals surface area contributed by atoms with E-state index >= 15 is 0 Å². The molecule has 2 rings (SSSR count). The molecule has 108 valence electrons. The summed E-state index contributed by atoms with van der Waals surface area (Å²) in [5, 5.41) is 0. The molecule has 0 spiro atoms. The Kier molecular flexibility index (Phi) is 4.61. The first-order chi connectivity index (χ1) is 9.89. The summed E-state index contributed by atoms with van der Waals surface area (Å²) in [5.41, 5.74) is 1.43. The van der Waals surface area contributed by atoms with Crippen molar-refractivity contribution in [3.63, 3.8) is 0 Å². The van der Waals surface area contributed by atoms with E-state index in [0.29, 0.717) is 0 Å². The van der Waals surface area contributed by atoms with E-state index in [9.17, 15) is 0 Å². The average Bonchev–Trinajstić information content (AvgIpc) is 2.46. The lowest BCUT2D eigenvalue weighted by Crippen LogP contribution is -2.37. The van der Waals surface area contributed by atoms with Crippen LogP contribution in [-0.2, 0) is 10.0 Å². The van der Waals surface area contributed by atoms with Gasteiger partial charge >= 0.3 is 0 Å². The predicted octanol–water partition coefficient (Wildman–Crippen LogP) is 4.20. The summed E-state index contributed by atoms with van der Waals surface area (Å²) in [6.45, 7) is 8.57. The molecule has 0 saturated heterocycles. The second kappa shape index (κ2) is 6.25. The lowest BCUT2D eigenvalue weighted by Gasteiger charge is -2.32. The van der Waals surface area contributed by atoms with Crippen molar-refractivity contribution in [2.45, 2.75) is 32.2 Å². The van der Waals surface area contributed by atoms with Crippen LogP contribution in [0.5, 0.6) is 0 Å². The number of nitrogens with zero attached hydrogens (tertiary/aromatic N) is 1. The van der Waals surface area contributed by atoms with Gasteiger partial charge in [-0.3, -0.25) is 4.98 Å². The third-order valence-corrected chi connectivity index (χ3v) is 3.98. The van der Waals surface area contributed by atoms with Crippen molar-refractivity contribution >= 4 is 8.32 Å². The molecule has 1 heterocycles. The Balaban J connectivity index is 2.40. The van der Waals surface area contributed by atoms with E-state index in [4.69, 9.17) is 4.43 Å². The third kappa shape index (κ3) is 4.56. The van der Waals surface area contributed by atoms with Crippen LogP contribution in [0.2, 0.25) is 19.6 Å². The summed E-state index contributed by atoms with van der Waals surface area (Å²) in [6, 6.07) is 13.9. The van der Waals surface area contributed by atoms with Gasteiger partial charge in [0, 0.05) is 18.0 Å². The van der Waals surface area contributed by atoms with Gasteiger partial charge in [-0.2, -0.15) is 0 Å². The van der Waals surface area contributed by atoms with E-state index in [0.717, 1.165) is 11.1 Å². The Morgan fingerprint density at radius 1 is 1.00 bits per heavy atom. The van der Waals surface area contributed by atoms with Gasteiger partial charge < -0.3 is 4.43 Å². The molecule has 0 fully saturated rings. The molecule has 0 bridgehead atoms. The lowest BCUT2D eigenvalue weighted by molar-refractivity contribution is 0.143. The van der Waals surface area contributed by atoms with Crippen molar-refractivity contribution in [2.75, 3.05) is 0 Å². The molecule has 0 amide bonds. The summed E-state index contributed by atoms with van der Waals surface area (Å²) in [7, 11) is -1.74. The van der Waals surface area contributed by atoms with E-state index in [2.05, 4.69) is 36.5 Å². The molecular formula is C18H21NOSi. The van der Waals surface area contributed by atoms with Crippen molar-refractivity contribution < 1.29 is 4.43 Å². The SMILES string of the molecule is CC(C#Cc1ccccc1)(O[Si](C)(C)C)c1ccncc1. The summed E-state index contributed by atoms with van der Waals surface area (Å²) >= 11 is 0. The Labute approximate surface area is 128 Å². The molecule has 0 N–H and O–H groups in total. The molecule has 1 atom stereocenters. The first-order valence-electron chi connectivity index (χ1n) is 7.08. The largest absolute Gasteiger partial charge is 0.398 e. The Hall–Kier alpha value is -1.89. The van der Waals surface area contributed by atoms with E-state index in [1.165, 1.54) is 0 Å². The van der Waals surface area contributed by atoms with Crippen LogP contribution < -0.4 is 0 Å². The zero-order valence-electron chi connectivity index (χ0n) is 13.1. The standard InChI is InChI=1S/C18H21NOSi/c1-18(20-21(2,3)4,17-11-14-19-15-12-17)13-10-16-8-6-5-7-9-16/h5-9,11-12,14-15H,1-4H3. The van der Waals surface area contributed by atoms with Crippen LogP contribution in [0.1, 0.15) is 18.1 Å². The number of hydrogen-bond donors (Lipinski definition) is 0. The smallest absolute Gasteiger partial charge is 0.186 e. The Morgan fingerprint density at radius 2 is 1.62 bits per heavy atom. The fourth-order valence-electron chi connectivity index (χ4n) is 2.15. The van der Waals surface area contributed by atoms with E-state index in [1.54, 1.807) is 12.4 Å². The highest BCUT2D eigenvalue weighted by molar-refractivity contribution is 6.69. The molecule has 1 aromatic carbocycles. The second-order valence-corrected chi connectivity index (χ2v) is 10.5. The fourth-order valence-corrected chi connectivity index (χ4v) is 3.55. The van der Waals surface area contributed by atoms with Crippen LogP contribution in [0.15, 0.2) is 54.9 Å². The maximum atomic E-state index is 6.37. The molecule has 0 aliphatic heterocycles. The number of hydrogen-bond acceptors (Lipinski definition) is 2. The maximum absolute atomic E-state index is 6.37. The van der Waals surface area contributed by atoms with Gasteiger partial charge in [-0.25, -0.2) is 0 Å². The molecule has 0 aliphatic rings. The number of benzene rings is 1. The Bertz CT molecular complexity index is 638. The quantitative estimate of drug-likeness (QED) is 0.625. The molecule has 21 heavy (non-hydrogen) atoms. The van der Waals surface area contributed by atoms with Gasteiger partial charge in [-0.05, 0) is 56.4 Å². The molecule has 1 unspecified atom stereocenters. The van der Waals surface area contributed by atoms with Gasteiger partial charge in [0.15, 0.2) is 8.32 Å². The number of pyridine rings is 1. The summed E-state index contributed by atoms with van der Waals surface area (Å²) in [4.78, 5) is 4.08. The highest BCUT2D eigenvalue weighted by Gasteiger charge is 2.31. The average molecular weight is 295 g/mol. The molecule has 0 saturated carbocycles. The topological polar surface area (TPSA) is 22.1 Å². The van der Waals surface area contributed by atoms with Crippen LogP contribution in [0.3, 0.4) is 0 Å². The minimum Gasteiger partial charge on any atom is -0.398 e. The first kappa shape index (κ1) is 15.5. The molecule has 2 nitrogen and oxygen atoms in total. The molecule has 0 aliphatic carbocycles.